The van der Waals surface area contributed by atoms with Gasteiger partial charge in [0.05, 0.1) is 18.1 Å². The Morgan fingerprint density at radius 3 is 2.70 bits per heavy atom. The summed E-state index contributed by atoms with van der Waals surface area (Å²) in [5.41, 5.74) is 4.98. The van der Waals surface area contributed by atoms with Gasteiger partial charge in [0.1, 0.15) is 11.8 Å². The molecule has 0 saturated carbocycles. The standard InChI is InChI=1S/C22H26N6O2/c1-14-12-25-27-19(14)15-4-6-16(7-5-15)26-20-17-8-9-23-13-18(17)30-21(20)22(29)24-10-11-28(2)3/h4-9,12-13,20-21,26H,10-11H2,1-3H3,(H,24,29)(H,25,27). The first-order chi connectivity index (χ1) is 14.5. The number of nitrogens with zero attached hydrogens (tertiary/aromatic N) is 3. The second kappa shape index (κ2) is 8.54. The molecule has 2 atom stereocenters. The Labute approximate surface area is 175 Å². The topological polar surface area (TPSA) is 95.2 Å². The molecule has 0 bridgehead atoms. The molecule has 0 spiro atoms. The molecule has 1 aromatic carbocycles. The largest absolute Gasteiger partial charge is 0.476 e. The van der Waals surface area contributed by atoms with Crippen molar-refractivity contribution in [1.82, 2.24) is 25.4 Å². The molecule has 1 aliphatic heterocycles. The molecule has 3 N–H and O–H groups in total. The average Bonchev–Trinajstić information content (AvgIpc) is 3.32. The van der Waals surface area contributed by atoms with E-state index in [1.165, 1.54) is 0 Å². The number of H-pyrrole nitrogens is 1. The lowest BCUT2D eigenvalue weighted by Crippen LogP contribution is -2.43. The lowest BCUT2D eigenvalue weighted by atomic mass is 10.0. The van der Waals surface area contributed by atoms with Crippen molar-refractivity contribution in [2.45, 2.75) is 19.1 Å². The highest BCUT2D eigenvalue weighted by Crippen LogP contribution is 2.38. The van der Waals surface area contributed by atoms with Gasteiger partial charge >= 0.3 is 0 Å². The van der Waals surface area contributed by atoms with E-state index in [1.807, 2.05) is 62.4 Å². The minimum absolute atomic E-state index is 0.143. The van der Waals surface area contributed by atoms with Crippen molar-refractivity contribution in [3.8, 4) is 17.0 Å². The smallest absolute Gasteiger partial charge is 0.263 e. The minimum atomic E-state index is -0.666. The maximum atomic E-state index is 12.8. The SMILES string of the molecule is Cc1cn[nH]c1-c1ccc(NC2c3ccncc3OC2C(=O)NCCN(C)C)cc1. The Balaban J connectivity index is 1.52. The summed E-state index contributed by atoms with van der Waals surface area (Å²) < 4.78 is 5.95. The fourth-order valence-electron chi connectivity index (χ4n) is 3.53. The molecule has 156 valence electrons. The normalized spacial score (nSPS) is 17.5. The second-order valence-corrected chi connectivity index (χ2v) is 7.67. The molecule has 2 aromatic heterocycles. The van der Waals surface area contributed by atoms with E-state index >= 15 is 0 Å². The number of aromatic nitrogens is 3. The molecular weight excluding hydrogens is 380 g/mol. The van der Waals surface area contributed by atoms with E-state index in [0.717, 1.165) is 34.6 Å². The van der Waals surface area contributed by atoms with E-state index in [4.69, 9.17) is 4.74 Å². The van der Waals surface area contributed by atoms with Gasteiger partial charge in [-0.3, -0.25) is 14.9 Å². The summed E-state index contributed by atoms with van der Waals surface area (Å²) in [4.78, 5) is 19.0. The molecule has 0 saturated heterocycles. The first kappa shape index (κ1) is 19.9. The maximum Gasteiger partial charge on any atom is 0.263 e. The number of nitrogens with one attached hydrogen (secondary N) is 3. The first-order valence-corrected chi connectivity index (χ1v) is 9.93. The number of hydrogen-bond donors (Lipinski definition) is 3. The van der Waals surface area contributed by atoms with Crippen LogP contribution in [0.15, 0.2) is 48.9 Å². The molecular formula is C22H26N6O2. The van der Waals surface area contributed by atoms with Gasteiger partial charge in [0.2, 0.25) is 6.10 Å². The number of aromatic amines is 1. The van der Waals surface area contributed by atoms with E-state index in [-0.39, 0.29) is 11.9 Å². The van der Waals surface area contributed by atoms with Gasteiger partial charge in [-0.15, -0.1) is 0 Å². The summed E-state index contributed by atoms with van der Waals surface area (Å²) in [6.07, 6.45) is 4.51. The van der Waals surface area contributed by atoms with Crippen LogP contribution in [0.5, 0.6) is 5.75 Å². The summed E-state index contributed by atoms with van der Waals surface area (Å²) in [6, 6.07) is 9.63. The van der Waals surface area contributed by atoms with Gasteiger partial charge in [0.15, 0.2) is 0 Å². The lowest BCUT2D eigenvalue weighted by Gasteiger charge is -2.21. The van der Waals surface area contributed by atoms with Crippen LogP contribution < -0.4 is 15.4 Å². The number of hydrogen-bond acceptors (Lipinski definition) is 6. The number of rotatable bonds is 7. The van der Waals surface area contributed by atoms with Crippen molar-refractivity contribution >= 4 is 11.6 Å². The molecule has 8 nitrogen and oxygen atoms in total. The van der Waals surface area contributed by atoms with Gasteiger partial charge in [0, 0.05) is 30.5 Å². The number of fused-ring (bicyclic) bond motifs is 1. The van der Waals surface area contributed by atoms with E-state index in [0.29, 0.717) is 12.3 Å². The third-order valence-electron chi connectivity index (χ3n) is 5.15. The van der Waals surface area contributed by atoms with Crippen LogP contribution in [0.3, 0.4) is 0 Å². The molecule has 0 fully saturated rings. The fourth-order valence-corrected chi connectivity index (χ4v) is 3.53. The Kier molecular flexibility index (Phi) is 5.67. The van der Waals surface area contributed by atoms with Gasteiger partial charge in [-0.05, 0) is 50.3 Å². The molecule has 1 aliphatic rings. The number of carbonyl (C=O) groups is 1. The van der Waals surface area contributed by atoms with Crippen LogP contribution >= 0.6 is 0 Å². The van der Waals surface area contributed by atoms with Crippen molar-refractivity contribution in [2.24, 2.45) is 0 Å². The number of amides is 1. The van der Waals surface area contributed by atoms with Gasteiger partial charge in [-0.1, -0.05) is 12.1 Å². The van der Waals surface area contributed by atoms with Crippen molar-refractivity contribution in [3.63, 3.8) is 0 Å². The predicted molar refractivity (Wildman–Crippen MR) is 115 cm³/mol. The summed E-state index contributed by atoms with van der Waals surface area (Å²) in [5, 5.41) is 13.5. The van der Waals surface area contributed by atoms with E-state index in [2.05, 4.69) is 25.8 Å². The zero-order chi connectivity index (χ0) is 21.1. The van der Waals surface area contributed by atoms with Crippen LogP contribution in [0.25, 0.3) is 11.3 Å². The molecule has 1 amide bonds. The zero-order valence-corrected chi connectivity index (χ0v) is 17.3. The maximum absolute atomic E-state index is 12.8. The molecule has 0 aliphatic carbocycles. The van der Waals surface area contributed by atoms with Gasteiger partial charge in [-0.25, -0.2) is 0 Å². The number of likely N-dealkylation sites (N-methyl/N-ethyl adjacent to an activating group) is 1. The number of benzene rings is 1. The van der Waals surface area contributed by atoms with Crippen LogP contribution in [0.1, 0.15) is 17.2 Å². The van der Waals surface area contributed by atoms with Gasteiger partial charge in [-0.2, -0.15) is 5.10 Å². The molecule has 8 heteroatoms. The van der Waals surface area contributed by atoms with Crippen molar-refractivity contribution < 1.29 is 9.53 Å². The highest BCUT2D eigenvalue weighted by atomic mass is 16.5. The minimum Gasteiger partial charge on any atom is -0.476 e. The molecule has 0 radical (unpaired) electrons. The Hall–Kier alpha value is -3.39. The summed E-state index contributed by atoms with van der Waals surface area (Å²) >= 11 is 0. The summed E-state index contributed by atoms with van der Waals surface area (Å²) in [7, 11) is 3.94. The van der Waals surface area contributed by atoms with Crippen LogP contribution in [-0.2, 0) is 4.79 Å². The summed E-state index contributed by atoms with van der Waals surface area (Å²) in [6.45, 7) is 3.34. The first-order valence-electron chi connectivity index (χ1n) is 9.93. The monoisotopic (exact) mass is 406 g/mol. The number of ether oxygens (including phenoxy) is 1. The highest BCUT2D eigenvalue weighted by molar-refractivity contribution is 5.84. The zero-order valence-electron chi connectivity index (χ0n) is 17.3. The number of anilines is 1. The van der Waals surface area contributed by atoms with Gasteiger partial charge < -0.3 is 20.3 Å². The van der Waals surface area contributed by atoms with Crippen molar-refractivity contribution in [3.05, 3.63) is 60.0 Å². The average molecular weight is 406 g/mol. The van der Waals surface area contributed by atoms with Gasteiger partial charge in [0.25, 0.3) is 5.91 Å². The van der Waals surface area contributed by atoms with Crippen molar-refractivity contribution in [1.29, 1.82) is 0 Å². The third kappa shape index (κ3) is 4.13. The fraction of sp³-hybridized carbons (Fsp3) is 0.318. The third-order valence-corrected chi connectivity index (χ3v) is 5.15. The molecule has 2 unspecified atom stereocenters. The Bertz CT molecular complexity index is 1010. The molecule has 30 heavy (non-hydrogen) atoms. The van der Waals surface area contributed by atoms with Crippen LogP contribution in [0, 0.1) is 6.92 Å². The molecule has 4 rings (SSSR count). The lowest BCUT2D eigenvalue weighted by molar-refractivity contribution is -0.127. The Morgan fingerprint density at radius 2 is 2.00 bits per heavy atom. The van der Waals surface area contributed by atoms with Crippen molar-refractivity contribution in [2.75, 3.05) is 32.5 Å². The molecule has 3 aromatic rings. The van der Waals surface area contributed by atoms with E-state index in [1.54, 1.807) is 12.4 Å². The number of aryl methyl sites for hydroxylation is 1. The summed E-state index contributed by atoms with van der Waals surface area (Å²) in [5.74, 6) is 0.489. The molecule has 3 heterocycles. The van der Waals surface area contributed by atoms with Crippen LogP contribution in [-0.4, -0.2) is 59.3 Å². The quantitative estimate of drug-likeness (QED) is 0.558. The highest BCUT2D eigenvalue weighted by Gasteiger charge is 2.39. The number of carbonyl (C=O) groups excluding carboxylic acids is 1. The predicted octanol–water partition coefficient (Wildman–Crippen LogP) is 2.37. The Morgan fingerprint density at radius 1 is 1.20 bits per heavy atom. The van der Waals surface area contributed by atoms with E-state index in [9.17, 15) is 4.79 Å². The number of pyridine rings is 1. The van der Waals surface area contributed by atoms with Crippen LogP contribution in [0.2, 0.25) is 0 Å². The second-order valence-electron chi connectivity index (χ2n) is 7.67. The van der Waals surface area contributed by atoms with E-state index < -0.39 is 6.10 Å². The van der Waals surface area contributed by atoms with Crippen LogP contribution in [0.4, 0.5) is 5.69 Å².